The van der Waals surface area contributed by atoms with Gasteiger partial charge in [0, 0.05) is 16.7 Å². The van der Waals surface area contributed by atoms with Gasteiger partial charge in [-0.25, -0.2) is 4.79 Å². The number of fused-ring (bicyclic) bond motifs is 1. The molecule has 0 saturated carbocycles. The number of ketones is 1. The summed E-state index contributed by atoms with van der Waals surface area (Å²) in [6, 6.07) is 4.53. The van der Waals surface area contributed by atoms with Gasteiger partial charge < -0.3 is 4.74 Å². The number of allylic oxidation sites excluding steroid dienone is 1. The normalized spacial score (nSPS) is 13.8. The molecule has 4 nitrogen and oxygen atoms in total. The number of hydrogen-bond donors (Lipinski definition) is 0. The molecule has 0 aromatic heterocycles. The average Bonchev–Trinajstić information content (AvgIpc) is 2.55. The average molecular weight is 272 g/mol. The summed E-state index contributed by atoms with van der Waals surface area (Å²) in [5.74, 6) is -0.722. The summed E-state index contributed by atoms with van der Waals surface area (Å²) in [6.07, 6.45) is 0. The first-order chi connectivity index (χ1) is 9.36. The van der Waals surface area contributed by atoms with Crippen LogP contribution in [0.3, 0.4) is 0 Å². The lowest BCUT2D eigenvalue weighted by Gasteiger charge is -2.05. The van der Waals surface area contributed by atoms with E-state index in [4.69, 9.17) is 4.74 Å². The minimum absolute atomic E-state index is 0.120. The molecule has 1 aromatic rings. The van der Waals surface area contributed by atoms with Gasteiger partial charge in [-0.3, -0.25) is 9.59 Å². The van der Waals surface area contributed by atoms with Gasteiger partial charge in [0.25, 0.3) is 0 Å². The van der Waals surface area contributed by atoms with Crippen molar-refractivity contribution in [1.29, 1.82) is 0 Å². The molecule has 104 valence electrons. The van der Waals surface area contributed by atoms with Crippen molar-refractivity contribution in [1.82, 2.24) is 0 Å². The summed E-state index contributed by atoms with van der Waals surface area (Å²) in [5, 5.41) is 0. The standard InChI is InChI=1S/C16H16O4/c1-8(2)10-5-11(17)7-13-12(6-10)14(16(19)20-4)9(3)15(13)18/h5-8H,1-4H3. The first kappa shape index (κ1) is 14.2. The molecule has 0 atom stereocenters. The molecule has 1 aliphatic rings. The molecule has 1 aromatic carbocycles. The van der Waals surface area contributed by atoms with Gasteiger partial charge in [0.2, 0.25) is 0 Å². The lowest BCUT2D eigenvalue weighted by atomic mass is 10.0. The minimum Gasteiger partial charge on any atom is -0.465 e. The second kappa shape index (κ2) is 5.04. The second-order valence-corrected chi connectivity index (χ2v) is 5.14. The smallest absolute Gasteiger partial charge is 0.338 e. The van der Waals surface area contributed by atoms with E-state index < -0.39 is 5.97 Å². The zero-order valence-corrected chi connectivity index (χ0v) is 11.9. The van der Waals surface area contributed by atoms with Gasteiger partial charge in [-0.05, 0) is 36.6 Å². The number of carbonyl (C=O) groups excluding carboxylic acids is 2. The summed E-state index contributed by atoms with van der Waals surface area (Å²) in [7, 11) is 1.27. The van der Waals surface area contributed by atoms with E-state index in [9.17, 15) is 14.4 Å². The number of ether oxygens (including phenoxy) is 1. The highest BCUT2D eigenvalue weighted by Crippen LogP contribution is 2.33. The van der Waals surface area contributed by atoms with Gasteiger partial charge in [-0.15, -0.1) is 0 Å². The topological polar surface area (TPSA) is 60.4 Å². The number of rotatable bonds is 2. The molecular formula is C16H16O4. The Kier molecular flexibility index (Phi) is 3.57. The third kappa shape index (κ3) is 2.18. The summed E-state index contributed by atoms with van der Waals surface area (Å²) in [5.41, 5.74) is 1.91. The van der Waals surface area contributed by atoms with Crippen LogP contribution in [0.25, 0.3) is 5.57 Å². The fourth-order valence-electron chi connectivity index (χ4n) is 2.32. The van der Waals surface area contributed by atoms with Gasteiger partial charge in [0.1, 0.15) is 0 Å². The summed E-state index contributed by atoms with van der Waals surface area (Å²) in [4.78, 5) is 36.0. The predicted octanol–water partition coefficient (Wildman–Crippen LogP) is 2.31. The molecule has 0 amide bonds. The van der Waals surface area contributed by atoms with Gasteiger partial charge >= 0.3 is 5.97 Å². The molecule has 0 unspecified atom stereocenters. The maximum Gasteiger partial charge on any atom is 0.338 e. The van der Waals surface area contributed by atoms with Crippen molar-refractivity contribution in [3.63, 3.8) is 0 Å². The van der Waals surface area contributed by atoms with Crippen LogP contribution < -0.4 is 5.43 Å². The van der Waals surface area contributed by atoms with Crippen LogP contribution in [-0.2, 0) is 9.53 Å². The number of carbonyl (C=O) groups is 2. The van der Waals surface area contributed by atoms with E-state index in [2.05, 4.69) is 0 Å². The van der Waals surface area contributed by atoms with E-state index in [-0.39, 0.29) is 28.3 Å². The Balaban J connectivity index is 2.82. The molecule has 0 fully saturated rings. The van der Waals surface area contributed by atoms with E-state index in [0.717, 1.165) is 5.56 Å². The summed E-state index contributed by atoms with van der Waals surface area (Å²) >= 11 is 0. The van der Waals surface area contributed by atoms with Crippen LogP contribution in [0, 0.1) is 0 Å². The van der Waals surface area contributed by atoms with Crippen LogP contribution in [0.15, 0.2) is 28.6 Å². The third-order valence-corrected chi connectivity index (χ3v) is 3.48. The molecule has 0 bridgehead atoms. The Morgan fingerprint density at radius 2 is 1.75 bits per heavy atom. The fourth-order valence-corrected chi connectivity index (χ4v) is 2.32. The molecule has 2 rings (SSSR count). The van der Waals surface area contributed by atoms with E-state index in [1.165, 1.54) is 19.2 Å². The Hall–Kier alpha value is -2.23. The fraction of sp³-hybridized carbons (Fsp3) is 0.312. The molecule has 4 heteroatoms. The third-order valence-electron chi connectivity index (χ3n) is 3.48. The molecule has 0 radical (unpaired) electrons. The summed E-state index contributed by atoms with van der Waals surface area (Å²) < 4.78 is 4.74. The SMILES string of the molecule is COC(=O)C1=C(C)C(=O)c2cc(=O)cc(C(C)C)cc21. The van der Waals surface area contributed by atoms with Crippen molar-refractivity contribution in [2.45, 2.75) is 26.7 Å². The van der Waals surface area contributed by atoms with E-state index >= 15 is 0 Å². The van der Waals surface area contributed by atoms with E-state index in [1.807, 2.05) is 13.8 Å². The van der Waals surface area contributed by atoms with Gasteiger partial charge in [-0.1, -0.05) is 13.8 Å². The predicted molar refractivity (Wildman–Crippen MR) is 75.7 cm³/mol. The van der Waals surface area contributed by atoms with Crippen LogP contribution in [0.1, 0.15) is 48.2 Å². The van der Waals surface area contributed by atoms with Crippen molar-refractivity contribution in [2.24, 2.45) is 0 Å². The quantitative estimate of drug-likeness (QED) is 0.775. The molecule has 20 heavy (non-hydrogen) atoms. The molecule has 0 heterocycles. The number of methoxy groups -OCH3 is 1. The maximum absolute atomic E-state index is 12.2. The number of esters is 1. The highest BCUT2D eigenvalue weighted by molar-refractivity contribution is 6.33. The van der Waals surface area contributed by atoms with Crippen LogP contribution in [0.4, 0.5) is 0 Å². The van der Waals surface area contributed by atoms with Gasteiger partial charge in [0.15, 0.2) is 11.2 Å². The number of Topliss-reactive ketones (excluding diaryl/α,β-unsaturated/α-hetero) is 1. The van der Waals surface area contributed by atoms with Crippen molar-refractivity contribution in [3.8, 4) is 0 Å². The molecular weight excluding hydrogens is 256 g/mol. The van der Waals surface area contributed by atoms with Crippen molar-refractivity contribution < 1.29 is 14.3 Å². The monoisotopic (exact) mass is 272 g/mol. The highest BCUT2D eigenvalue weighted by atomic mass is 16.5. The first-order valence-electron chi connectivity index (χ1n) is 6.40. The molecule has 1 aliphatic carbocycles. The van der Waals surface area contributed by atoms with Crippen molar-refractivity contribution >= 4 is 17.3 Å². The van der Waals surface area contributed by atoms with Crippen molar-refractivity contribution in [2.75, 3.05) is 7.11 Å². The molecule has 0 saturated heterocycles. The molecule has 0 N–H and O–H groups in total. The minimum atomic E-state index is -0.553. The van der Waals surface area contributed by atoms with E-state index in [1.54, 1.807) is 13.0 Å². The lowest BCUT2D eigenvalue weighted by molar-refractivity contribution is -0.133. The Morgan fingerprint density at radius 3 is 2.30 bits per heavy atom. The summed E-state index contributed by atoms with van der Waals surface area (Å²) in [6.45, 7) is 5.48. The number of hydrogen-bond acceptors (Lipinski definition) is 4. The van der Waals surface area contributed by atoms with Crippen LogP contribution in [0.2, 0.25) is 0 Å². The lowest BCUT2D eigenvalue weighted by Crippen LogP contribution is -2.04. The zero-order valence-electron chi connectivity index (χ0n) is 11.9. The van der Waals surface area contributed by atoms with Crippen LogP contribution >= 0.6 is 0 Å². The van der Waals surface area contributed by atoms with E-state index in [0.29, 0.717) is 11.1 Å². The van der Waals surface area contributed by atoms with Gasteiger partial charge in [-0.2, -0.15) is 0 Å². The van der Waals surface area contributed by atoms with Gasteiger partial charge in [0.05, 0.1) is 12.7 Å². The Morgan fingerprint density at radius 1 is 1.10 bits per heavy atom. The second-order valence-electron chi connectivity index (χ2n) is 5.14. The largest absolute Gasteiger partial charge is 0.465 e. The first-order valence-corrected chi connectivity index (χ1v) is 6.40. The highest BCUT2D eigenvalue weighted by Gasteiger charge is 2.31. The Bertz CT molecular complexity index is 696. The Labute approximate surface area is 117 Å². The zero-order chi connectivity index (χ0) is 15.0. The van der Waals surface area contributed by atoms with Crippen LogP contribution in [-0.4, -0.2) is 18.9 Å². The van der Waals surface area contributed by atoms with Crippen LogP contribution in [0.5, 0.6) is 0 Å². The molecule has 0 spiro atoms. The van der Waals surface area contributed by atoms with Crippen molar-refractivity contribution in [3.05, 3.63) is 50.7 Å². The maximum atomic E-state index is 12.2. The molecule has 0 aliphatic heterocycles.